The van der Waals surface area contributed by atoms with Crippen LogP contribution >= 0.6 is 0 Å². The van der Waals surface area contributed by atoms with Gasteiger partial charge in [-0.05, 0) is 45.4 Å². The Hall–Kier alpha value is -0.0800. The average Bonchev–Trinajstić information content (AvgIpc) is 2.52. The van der Waals surface area contributed by atoms with Crippen LogP contribution in [0.25, 0.3) is 0 Å². The first kappa shape index (κ1) is 10.4. The molecule has 0 amide bonds. The number of rotatable bonds is 1. The van der Waals surface area contributed by atoms with Gasteiger partial charge < -0.3 is 10.5 Å². The molecule has 0 aromatic carbocycles. The molecule has 1 saturated carbocycles. The Kier molecular flexibility index (Phi) is 2.61. The molecule has 1 aliphatic heterocycles. The summed E-state index contributed by atoms with van der Waals surface area (Å²) in [4.78, 5) is 0. The predicted molar refractivity (Wildman–Crippen MR) is 58.1 cm³/mol. The fourth-order valence-electron chi connectivity index (χ4n) is 3.03. The van der Waals surface area contributed by atoms with E-state index in [2.05, 4.69) is 13.8 Å². The van der Waals surface area contributed by atoms with Crippen molar-refractivity contribution in [3.05, 3.63) is 0 Å². The average molecular weight is 197 g/mol. The largest absolute Gasteiger partial charge is 0.375 e. The summed E-state index contributed by atoms with van der Waals surface area (Å²) in [5.74, 6) is 0.648. The van der Waals surface area contributed by atoms with Gasteiger partial charge in [0.25, 0.3) is 0 Å². The topological polar surface area (TPSA) is 35.2 Å². The van der Waals surface area contributed by atoms with E-state index >= 15 is 0 Å². The van der Waals surface area contributed by atoms with Crippen molar-refractivity contribution < 1.29 is 4.74 Å². The van der Waals surface area contributed by atoms with Crippen LogP contribution in [-0.4, -0.2) is 17.7 Å². The van der Waals surface area contributed by atoms with E-state index in [0.29, 0.717) is 5.92 Å². The van der Waals surface area contributed by atoms with Crippen LogP contribution in [0.3, 0.4) is 0 Å². The van der Waals surface area contributed by atoms with Crippen molar-refractivity contribution in [2.75, 3.05) is 6.61 Å². The zero-order valence-corrected chi connectivity index (χ0v) is 9.51. The number of nitrogens with two attached hydrogens (primary N) is 1. The summed E-state index contributed by atoms with van der Waals surface area (Å²) in [5, 5.41) is 0. The summed E-state index contributed by atoms with van der Waals surface area (Å²) in [6, 6.07) is 0. The first-order chi connectivity index (χ1) is 6.52. The van der Waals surface area contributed by atoms with Gasteiger partial charge in [0, 0.05) is 12.1 Å². The van der Waals surface area contributed by atoms with Gasteiger partial charge in [0.05, 0.1) is 5.60 Å². The van der Waals surface area contributed by atoms with Crippen molar-refractivity contribution in [1.82, 2.24) is 0 Å². The van der Waals surface area contributed by atoms with Crippen LogP contribution in [0, 0.1) is 5.92 Å². The molecule has 1 spiro atoms. The van der Waals surface area contributed by atoms with Gasteiger partial charge in [-0.3, -0.25) is 0 Å². The second kappa shape index (κ2) is 3.49. The molecular formula is C12H23NO. The third-order valence-corrected chi connectivity index (χ3v) is 4.06. The lowest BCUT2D eigenvalue weighted by Crippen LogP contribution is -2.49. The van der Waals surface area contributed by atoms with Gasteiger partial charge in [-0.25, -0.2) is 0 Å². The van der Waals surface area contributed by atoms with Crippen molar-refractivity contribution >= 4 is 0 Å². The van der Waals surface area contributed by atoms with Crippen LogP contribution in [0.2, 0.25) is 0 Å². The molecule has 2 fully saturated rings. The van der Waals surface area contributed by atoms with Crippen LogP contribution in [0.4, 0.5) is 0 Å². The second-order valence-corrected chi connectivity index (χ2v) is 5.75. The highest BCUT2D eigenvalue weighted by atomic mass is 16.5. The molecule has 2 aliphatic rings. The van der Waals surface area contributed by atoms with E-state index in [9.17, 15) is 0 Å². The molecule has 1 saturated heterocycles. The van der Waals surface area contributed by atoms with E-state index in [-0.39, 0.29) is 11.1 Å². The minimum absolute atomic E-state index is 0.0284. The highest BCUT2D eigenvalue weighted by Crippen LogP contribution is 2.44. The first-order valence-corrected chi connectivity index (χ1v) is 5.95. The lowest BCUT2D eigenvalue weighted by molar-refractivity contribution is -0.102. The molecule has 2 rings (SSSR count). The Balaban J connectivity index is 2.03. The molecule has 1 aliphatic carbocycles. The fraction of sp³-hybridized carbons (Fsp3) is 1.00. The molecular weight excluding hydrogens is 174 g/mol. The van der Waals surface area contributed by atoms with Crippen LogP contribution in [0.1, 0.15) is 52.4 Å². The van der Waals surface area contributed by atoms with Gasteiger partial charge in [-0.15, -0.1) is 0 Å². The van der Waals surface area contributed by atoms with E-state index in [1.807, 2.05) is 0 Å². The van der Waals surface area contributed by atoms with E-state index in [4.69, 9.17) is 10.5 Å². The van der Waals surface area contributed by atoms with Crippen LogP contribution in [-0.2, 0) is 4.74 Å². The van der Waals surface area contributed by atoms with Gasteiger partial charge in [0.1, 0.15) is 0 Å². The maximum absolute atomic E-state index is 6.21. The molecule has 1 unspecified atom stereocenters. The minimum Gasteiger partial charge on any atom is -0.375 e. The lowest BCUT2D eigenvalue weighted by Gasteiger charge is -2.43. The van der Waals surface area contributed by atoms with Gasteiger partial charge >= 0.3 is 0 Å². The van der Waals surface area contributed by atoms with E-state index in [0.717, 1.165) is 13.0 Å². The quantitative estimate of drug-likeness (QED) is 0.701. The van der Waals surface area contributed by atoms with Crippen LogP contribution < -0.4 is 5.73 Å². The monoisotopic (exact) mass is 197 g/mol. The highest BCUT2D eigenvalue weighted by Gasteiger charge is 2.43. The van der Waals surface area contributed by atoms with Crippen molar-refractivity contribution in [2.24, 2.45) is 11.7 Å². The Morgan fingerprint density at radius 1 is 1.29 bits per heavy atom. The molecule has 0 aromatic heterocycles. The van der Waals surface area contributed by atoms with E-state index < -0.39 is 0 Å². The van der Waals surface area contributed by atoms with Gasteiger partial charge in [-0.1, -0.05) is 12.8 Å². The Morgan fingerprint density at radius 3 is 2.50 bits per heavy atom. The molecule has 1 heterocycles. The van der Waals surface area contributed by atoms with Crippen LogP contribution in [0.15, 0.2) is 0 Å². The zero-order chi connectivity index (χ0) is 10.2. The Labute approximate surface area is 87.2 Å². The summed E-state index contributed by atoms with van der Waals surface area (Å²) in [6.07, 6.45) is 7.55. The minimum atomic E-state index is -0.0284. The predicted octanol–water partition coefficient (Wildman–Crippen LogP) is 2.46. The molecule has 2 N–H and O–H groups in total. The lowest BCUT2D eigenvalue weighted by atomic mass is 9.75. The van der Waals surface area contributed by atoms with E-state index in [1.54, 1.807) is 0 Å². The molecule has 2 heteroatoms. The van der Waals surface area contributed by atoms with Gasteiger partial charge in [0.15, 0.2) is 0 Å². The second-order valence-electron chi connectivity index (χ2n) is 5.75. The zero-order valence-electron chi connectivity index (χ0n) is 9.51. The molecule has 0 radical (unpaired) electrons. The Bertz CT molecular complexity index is 201. The number of hydrogen-bond acceptors (Lipinski definition) is 2. The number of hydrogen-bond donors (Lipinski definition) is 1. The molecule has 82 valence electrons. The maximum Gasteiger partial charge on any atom is 0.0685 e. The Morgan fingerprint density at radius 2 is 1.93 bits per heavy atom. The number of ether oxygens (including phenoxy) is 1. The molecule has 1 atom stereocenters. The third kappa shape index (κ3) is 1.96. The first-order valence-electron chi connectivity index (χ1n) is 5.95. The summed E-state index contributed by atoms with van der Waals surface area (Å²) >= 11 is 0. The molecule has 2 nitrogen and oxygen atoms in total. The van der Waals surface area contributed by atoms with Crippen molar-refractivity contribution in [3.8, 4) is 0 Å². The highest BCUT2D eigenvalue weighted by molar-refractivity contribution is 4.96. The normalized spacial score (nSPS) is 32.4. The summed E-state index contributed by atoms with van der Waals surface area (Å²) in [5.41, 5.74) is 6.40. The summed E-state index contributed by atoms with van der Waals surface area (Å²) < 4.78 is 6.00. The van der Waals surface area contributed by atoms with Gasteiger partial charge in [-0.2, -0.15) is 0 Å². The van der Waals surface area contributed by atoms with E-state index in [1.165, 1.54) is 32.1 Å². The summed E-state index contributed by atoms with van der Waals surface area (Å²) in [6.45, 7) is 5.24. The van der Waals surface area contributed by atoms with Crippen molar-refractivity contribution in [2.45, 2.75) is 63.5 Å². The maximum atomic E-state index is 6.21. The fourth-order valence-corrected chi connectivity index (χ4v) is 3.03. The third-order valence-electron chi connectivity index (χ3n) is 4.06. The van der Waals surface area contributed by atoms with Crippen LogP contribution in [0.5, 0.6) is 0 Å². The van der Waals surface area contributed by atoms with Crippen molar-refractivity contribution in [3.63, 3.8) is 0 Å². The molecule has 0 bridgehead atoms. The SMILES string of the molecule is CC(C)(N)C1CCOC2(CCCC2)C1. The van der Waals surface area contributed by atoms with Gasteiger partial charge in [0.2, 0.25) is 0 Å². The molecule has 14 heavy (non-hydrogen) atoms. The standard InChI is InChI=1S/C12H23NO/c1-11(2,13)10-5-8-14-12(9-10)6-3-4-7-12/h10H,3-9,13H2,1-2H3. The molecule has 0 aromatic rings. The summed E-state index contributed by atoms with van der Waals surface area (Å²) in [7, 11) is 0. The smallest absolute Gasteiger partial charge is 0.0685 e. The van der Waals surface area contributed by atoms with Crippen molar-refractivity contribution in [1.29, 1.82) is 0 Å².